The van der Waals surface area contributed by atoms with Crippen LogP contribution in [0.4, 0.5) is 0 Å². The minimum Gasteiger partial charge on any atom is -0.492 e. The molecular formula is C7H11N3O3. The van der Waals surface area contributed by atoms with Crippen LogP contribution in [-0.2, 0) is 13.6 Å². The second-order valence-electron chi connectivity index (χ2n) is 2.46. The minimum absolute atomic E-state index is 0.0166. The molecule has 1 rings (SSSR count). The van der Waals surface area contributed by atoms with Gasteiger partial charge in [0.15, 0.2) is 11.4 Å². The molecule has 0 bridgehead atoms. The summed E-state index contributed by atoms with van der Waals surface area (Å²) >= 11 is 0. The van der Waals surface area contributed by atoms with Gasteiger partial charge in [0.1, 0.15) is 5.69 Å². The molecule has 0 saturated carbocycles. The molecule has 1 heterocycles. The lowest BCUT2D eigenvalue weighted by atomic mass is 10.3. The first-order valence-corrected chi connectivity index (χ1v) is 3.65. The Balaban J connectivity index is 3.31. The van der Waals surface area contributed by atoms with Gasteiger partial charge in [0.05, 0.1) is 7.11 Å². The highest BCUT2D eigenvalue weighted by Crippen LogP contribution is 2.22. The molecule has 6 heteroatoms. The molecule has 0 unspecified atom stereocenters. The molecule has 0 amide bonds. The van der Waals surface area contributed by atoms with E-state index in [1.54, 1.807) is 0 Å². The summed E-state index contributed by atoms with van der Waals surface area (Å²) in [6.45, 7) is 0.157. The summed E-state index contributed by atoms with van der Waals surface area (Å²) in [5, 5.41) is 12.7. The van der Waals surface area contributed by atoms with E-state index in [4.69, 9.17) is 15.6 Å². The predicted octanol–water partition coefficient (Wildman–Crippen LogP) is -0.414. The van der Waals surface area contributed by atoms with E-state index in [1.807, 2.05) is 0 Å². The highest BCUT2D eigenvalue weighted by Gasteiger charge is 2.21. The second-order valence-corrected chi connectivity index (χ2v) is 2.46. The van der Waals surface area contributed by atoms with Crippen LogP contribution in [0.3, 0.4) is 0 Å². The van der Waals surface area contributed by atoms with Crippen LogP contribution in [0.5, 0.6) is 5.75 Å². The van der Waals surface area contributed by atoms with Crippen LogP contribution in [0.1, 0.15) is 16.2 Å². The van der Waals surface area contributed by atoms with E-state index in [0.29, 0.717) is 5.69 Å². The molecule has 0 atom stereocenters. The maximum atomic E-state index is 10.7. The van der Waals surface area contributed by atoms with Crippen molar-refractivity contribution in [2.45, 2.75) is 6.54 Å². The molecule has 0 aliphatic heterocycles. The number of carbonyl (C=O) groups is 1. The quantitative estimate of drug-likeness (QED) is 0.667. The summed E-state index contributed by atoms with van der Waals surface area (Å²) in [6, 6.07) is 0. The Bertz CT molecular complexity index is 332. The average molecular weight is 185 g/mol. The number of hydrogen-bond acceptors (Lipinski definition) is 4. The van der Waals surface area contributed by atoms with Crippen molar-refractivity contribution in [1.29, 1.82) is 0 Å². The van der Waals surface area contributed by atoms with E-state index in [-0.39, 0.29) is 18.0 Å². The molecule has 0 aliphatic rings. The van der Waals surface area contributed by atoms with Gasteiger partial charge in [0, 0.05) is 13.6 Å². The Morgan fingerprint density at radius 3 is 2.77 bits per heavy atom. The standard InChI is InChI=1S/C7H11N3O3/c1-10-5(7(11)12)6(13-2)4(3-8)9-10/h3,8H2,1-2H3,(H,11,12). The molecular weight excluding hydrogens is 174 g/mol. The molecule has 1 aromatic heterocycles. The van der Waals surface area contributed by atoms with Crippen LogP contribution in [-0.4, -0.2) is 28.0 Å². The third kappa shape index (κ3) is 1.48. The Morgan fingerprint density at radius 2 is 2.38 bits per heavy atom. The molecule has 3 N–H and O–H groups in total. The van der Waals surface area contributed by atoms with Crippen molar-refractivity contribution in [1.82, 2.24) is 9.78 Å². The van der Waals surface area contributed by atoms with Crippen LogP contribution in [0, 0.1) is 0 Å². The Morgan fingerprint density at radius 1 is 1.77 bits per heavy atom. The van der Waals surface area contributed by atoms with Crippen LogP contribution in [0.25, 0.3) is 0 Å². The van der Waals surface area contributed by atoms with Crippen LogP contribution >= 0.6 is 0 Å². The summed E-state index contributed by atoms with van der Waals surface area (Å²) in [5.41, 5.74) is 5.82. The highest BCUT2D eigenvalue weighted by atomic mass is 16.5. The third-order valence-electron chi connectivity index (χ3n) is 1.67. The molecule has 1 aromatic rings. The molecule has 6 nitrogen and oxygen atoms in total. The van der Waals surface area contributed by atoms with Gasteiger partial charge in [-0.25, -0.2) is 4.79 Å². The van der Waals surface area contributed by atoms with Gasteiger partial charge in [0.2, 0.25) is 0 Å². The Labute approximate surface area is 74.9 Å². The number of nitrogens with two attached hydrogens (primary N) is 1. The normalized spacial score (nSPS) is 10.1. The van der Waals surface area contributed by atoms with Crippen molar-refractivity contribution in [3.8, 4) is 5.75 Å². The van der Waals surface area contributed by atoms with Gasteiger partial charge in [-0.15, -0.1) is 0 Å². The van der Waals surface area contributed by atoms with Crippen molar-refractivity contribution in [3.63, 3.8) is 0 Å². The summed E-state index contributed by atoms with van der Waals surface area (Å²) in [5.74, 6) is -0.843. The number of rotatable bonds is 3. The Kier molecular flexibility index (Phi) is 2.52. The highest BCUT2D eigenvalue weighted by molar-refractivity contribution is 5.89. The van der Waals surface area contributed by atoms with E-state index in [9.17, 15) is 4.79 Å². The zero-order chi connectivity index (χ0) is 10.0. The Hall–Kier alpha value is -1.56. The SMILES string of the molecule is COc1c(CN)nn(C)c1C(=O)O. The van der Waals surface area contributed by atoms with E-state index >= 15 is 0 Å². The van der Waals surface area contributed by atoms with Crippen molar-refractivity contribution < 1.29 is 14.6 Å². The topological polar surface area (TPSA) is 90.4 Å². The zero-order valence-corrected chi connectivity index (χ0v) is 7.44. The molecule has 0 aliphatic carbocycles. The number of aromatic nitrogens is 2. The first-order chi connectivity index (χ1) is 6.11. The maximum Gasteiger partial charge on any atom is 0.358 e. The van der Waals surface area contributed by atoms with E-state index in [1.165, 1.54) is 18.8 Å². The fourth-order valence-electron chi connectivity index (χ4n) is 1.14. The van der Waals surface area contributed by atoms with E-state index in [0.717, 1.165) is 0 Å². The lowest BCUT2D eigenvalue weighted by molar-refractivity contribution is 0.0681. The first kappa shape index (κ1) is 9.53. The van der Waals surface area contributed by atoms with Crippen molar-refractivity contribution in [2.75, 3.05) is 7.11 Å². The molecule has 13 heavy (non-hydrogen) atoms. The van der Waals surface area contributed by atoms with Gasteiger partial charge >= 0.3 is 5.97 Å². The zero-order valence-electron chi connectivity index (χ0n) is 7.44. The van der Waals surface area contributed by atoms with Crippen molar-refractivity contribution in [3.05, 3.63) is 11.4 Å². The fraction of sp³-hybridized carbons (Fsp3) is 0.429. The van der Waals surface area contributed by atoms with Crippen molar-refractivity contribution >= 4 is 5.97 Å². The number of aryl methyl sites for hydroxylation is 1. The number of ether oxygens (including phenoxy) is 1. The molecule has 72 valence electrons. The average Bonchev–Trinajstić information content (AvgIpc) is 2.41. The van der Waals surface area contributed by atoms with Gasteiger partial charge in [-0.2, -0.15) is 5.10 Å². The number of hydrogen-bond donors (Lipinski definition) is 2. The third-order valence-corrected chi connectivity index (χ3v) is 1.67. The smallest absolute Gasteiger partial charge is 0.358 e. The predicted molar refractivity (Wildman–Crippen MR) is 44.6 cm³/mol. The van der Waals surface area contributed by atoms with Gasteiger partial charge < -0.3 is 15.6 Å². The van der Waals surface area contributed by atoms with Gasteiger partial charge in [-0.05, 0) is 0 Å². The maximum absolute atomic E-state index is 10.7. The van der Waals surface area contributed by atoms with Gasteiger partial charge in [0.25, 0.3) is 0 Å². The number of nitrogens with zero attached hydrogens (tertiary/aromatic N) is 2. The van der Waals surface area contributed by atoms with Gasteiger partial charge in [-0.3, -0.25) is 4.68 Å². The minimum atomic E-state index is -1.08. The van der Waals surface area contributed by atoms with Crippen LogP contribution in [0.2, 0.25) is 0 Å². The number of carboxylic acid groups (broad SMARTS) is 1. The van der Waals surface area contributed by atoms with Crippen LogP contribution in [0.15, 0.2) is 0 Å². The molecule has 0 radical (unpaired) electrons. The van der Waals surface area contributed by atoms with E-state index in [2.05, 4.69) is 5.10 Å². The molecule has 0 fully saturated rings. The van der Waals surface area contributed by atoms with Crippen molar-refractivity contribution in [2.24, 2.45) is 12.8 Å². The van der Waals surface area contributed by atoms with E-state index < -0.39 is 5.97 Å². The molecule has 0 saturated heterocycles. The number of carboxylic acids is 1. The van der Waals surface area contributed by atoms with Crippen LogP contribution < -0.4 is 10.5 Å². The molecule has 0 aromatic carbocycles. The summed E-state index contributed by atoms with van der Waals surface area (Å²) in [6.07, 6.45) is 0. The summed E-state index contributed by atoms with van der Waals surface area (Å²) < 4.78 is 6.14. The van der Waals surface area contributed by atoms with Gasteiger partial charge in [-0.1, -0.05) is 0 Å². The number of aromatic carboxylic acids is 1. The first-order valence-electron chi connectivity index (χ1n) is 3.65. The largest absolute Gasteiger partial charge is 0.492 e. The fourth-order valence-corrected chi connectivity index (χ4v) is 1.14. The number of methoxy groups -OCH3 is 1. The molecule has 0 spiro atoms. The second kappa shape index (κ2) is 3.44. The summed E-state index contributed by atoms with van der Waals surface area (Å²) in [7, 11) is 2.92. The lowest BCUT2D eigenvalue weighted by Gasteiger charge is -1.99. The summed E-state index contributed by atoms with van der Waals surface area (Å²) in [4.78, 5) is 10.7. The lowest BCUT2D eigenvalue weighted by Crippen LogP contribution is -2.06. The monoisotopic (exact) mass is 185 g/mol.